The van der Waals surface area contributed by atoms with E-state index < -0.39 is 5.91 Å². The quantitative estimate of drug-likeness (QED) is 0.446. The monoisotopic (exact) mass is 414 g/mol. The third-order valence-corrected chi connectivity index (χ3v) is 5.31. The highest BCUT2D eigenvalue weighted by Crippen LogP contribution is 2.22. The van der Waals surface area contributed by atoms with Crippen LogP contribution in [0.3, 0.4) is 0 Å². The Kier molecular flexibility index (Phi) is 6.85. The third kappa shape index (κ3) is 5.34. The number of halogens is 1. The molecule has 7 nitrogen and oxygen atoms in total. The summed E-state index contributed by atoms with van der Waals surface area (Å²) < 4.78 is 0. The second kappa shape index (κ2) is 9.54. The van der Waals surface area contributed by atoms with E-state index in [0.717, 1.165) is 24.2 Å². The number of carbonyl (C=O) groups excluding carboxylic acids is 2. The summed E-state index contributed by atoms with van der Waals surface area (Å²) in [6.07, 6.45) is 6.19. The van der Waals surface area contributed by atoms with Crippen molar-refractivity contribution in [2.24, 2.45) is 0 Å². The van der Waals surface area contributed by atoms with Crippen LogP contribution in [0.25, 0.3) is 6.08 Å². The van der Waals surface area contributed by atoms with Gasteiger partial charge in [0.15, 0.2) is 0 Å². The van der Waals surface area contributed by atoms with E-state index in [1.54, 1.807) is 42.0 Å². The first-order chi connectivity index (χ1) is 14.0. The number of amides is 2. The van der Waals surface area contributed by atoms with E-state index in [1.165, 1.54) is 6.08 Å². The molecule has 0 aliphatic carbocycles. The van der Waals surface area contributed by atoms with Crippen LogP contribution in [0.5, 0.6) is 0 Å². The van der Waals surface area contributed by atoms with Gasteiger partial charge in [0.25, 0.3) is 11.8 Å². The van der Waals surface area contributed by atoms with Crippen molar-refractivity contribution in [2.45, 2.75) is 18.9 Å². The van der Waals surface area contributed by atoms with Gasteiger partial charge in [0.2, 0.25) is 0 Å². The van der Waals surface area contributed by atoms with Gasteiger partial charge < -0.3 is 9.80 Å². The number of hydrogen-bond donors (Lipinski definition) is 2. The lowest BCUT2D eigenvalue weighted by molar-refractivity contribution is -0.124. The molecule has 1 aliphatic heterocycles. The highest BCUT2D eigenvalue weighted by Gasteiger charge is 2.26. The molecule has 8 heteroatoms. The normalized spacial score (nSPS) is 14.8. The highest BCUT2D eigenvalue weighted by molar-refractivity contribution is 6.30. The molecule has 1 fully saturated rings. The zero-order chi connectivity index (χ0) is 20.8. The molecule has 0 atom stereocenters. The van der Waals surface area contributed by atoms with Crippen molar-refractivity contribution in [3.05, 3.63) is 64.8 Å². The number of hydroxylamine groups is 1. The molecule has 0 radical (unpaired) electrons. The zero-order valence-corrected chi connectivity index (χ0v) is 16.8. The van der Waals surface area contributed by atoms with E-state index in [4.69, 9.17) is 16.8 Å². The van der Waals surface area contributed by atoms with Crippen molar-refractivity contribution in [3.8, 4) is 0 Å². The fourth-order valence-corrected chi connectivity index (χ4v) is 3.46. The Morgan fingerprint density at radius 3 is 2.48 bits per heavy atom. The van der Waals surface area contributed by atoms with Crippen LogP contribution in [0.15, 0.2) is 48.7 Å². The van der Waals surface area contributed by atoms with E-state index in [1.807, 2.05) is 24.1 Å². The van der Waals surface area contributed by atoms with Gasteiger partial charge in [-0.2, -0.15) is 0 Å². The minimum Gasteiger partial charge on any atom is -0.357 e. The summed E-state index contributed by atoms with van der Waals surface area (Å²) >= 11 is 5.89. The predicted octanol–water partition coefficient (Wildman–Crippen LogP) is 2.99. The molecule has 3 rings (SSSR count). The Labute approximate surface area is 174 Å². The number of hydrogen-bond acceptors (Lipinski definition) is 5. The molecule has 1 aromatic heterocycles. The highest BCUT2D eigenvalue weighted by atomic mass is 35.5. The lowest BCUT2D eigenvalue weighted by Crippen LogP contribution is -2.45. The second-order valence-electron chi connectivity index (χ2n) is 6.90. The molecular weight excluding hydrogens is 392 g/mol. The zero-order valence-electron chi connectivity index (χ0n) is 16.1. The smallest absolute Gasteiger partial charge is 0.267 e. The van der Waals surface area contributed by atoms with Crippen LogP contribution in [0.1, 0.15) is 28.8 Å². The fraction of sp³-hybridized carbons (Fsp3) is 0.286. The van der Waals surface area contributed by atoms with E-state index in [0.29, 0.717) is 29.7 Å². The van der Waals surface area contributed by atoms with E-state index in [-0.39, 0.29) is 5.91 Å². The molecule has 2 aromatic rings. The molecule has 0 unspecified atom stereocenters. The Morgan fingerprint density at radius 1 is 1.21 bits per heavy atom. The number of piperidine rings is 1. The van der Waals surface area contributed by atoms with Crippen LogP contribution < -0.4 is 10.4 Å². The second-order valence-corrected chi connectivity index (χ2v) is 7.34. The van der Waals surface area contributed by atoms with E-state index >= 15 is 0 Å². The Bertz CT molecular complexity index is 876. The largest absolute Gasteiger partial charge is 0.357 e. The van der Waals surface area contributed by atoms with Gasteiger partial charge in [0, 0.05) is 49.0 Å². The summed E-state index contributed by atoms with van der Waals surface area (Å²) in [6, 6.07) is 11.0. The lowest BCUT2D eigenvalue weighted by atomic mass is 10.0. The maximum atomic E-state index is 12.6. The van der Waals surface area contributed by atoms with E-state index in [2.05, 4.69) is 9.88 Å². The first-order valence-corrected chi connectivity index (χ1v) is 9.71. The summed E-state index contributed by atoms with van der Waals surface area (Å²) in [5, 5.41) is 9.12. The van der Waals surface area contributed by atoms with Crippen LogP contribution in [-0.2, 0) is 4.79 Å². The Balaban J connectivity index is 1.56. The van der Waals surface area contributed by atoms with Gasteiger partial charge in [-0.1, -0.05) is 11.6 Å². The summed E-state index contributed by atoms with van der Waals surface area (Å²) in [4.78, 5) is 32.1. The standard InChI is InChI=1S/C21H23ClN4O3/c1-25(19-8-2-15(14-23-19)3-9-20(27)24-29)18-10-12-26(13-11-18)21(28)16-4-6-17(22)7-5-16/h2-9,14,18,29H,10-13H2,1H3,(H,24,27)/b9-3+. The summed E-state index contributed by atoms with van der Waals surface area (Å²) in [6.45, 7) is 1.38. The Hall–Kier alpha value is -2.90. The maximum absolute atomic E-state index is 12.6. The van der Waals surface area contributed by atoms with Crippen LogP contribution in [0, 0.1) is 0 Å². The number of pyridine rings is 1. The molecule has 152 valence electrons. The van der Waals surface area contributed by atoms with Crippen molar-refractivity contribution in [2.75, 3.05) is 25.0 Å². The first-order valence-electron chi connectivity index (χ1n) is 9.34. The molecule has 2 N–H and O–H groups in total. The van der Waals surface area contributed by atoms with Crippen molar-refractivity contribution in [1.82, 2.24) is 15.4 Å². The predicted molar refractivity (Wildman–Crippen MR) is 112 cm³/mol. The van der Waals surface area contributed by atoms with Crippen molar-refractivity contribution >= 4 is 35.3 Å². The number of nitrogens with zero attached hydrogens (tertiary/aromatic N) is 3. The minimum atomic E-state index is -0.592. The number of anilines is 1. The molecule has 2 heterocycles. The number of likely N-dealkylation sites (tertiary alicyclic amines) is 1. The summed E-state index contributed by atoms with van der Waals surface area (Å²) in [5.41, 5.74) is 2.96. The molecule has 0 saturated carbocycles. The number of rotatable bonds is 5. The summed E-state index contributed by atoms with van der Waals surface area (Å²) in [5.74, 6) is 0.270. The maximum Gasteiger partial charge on any atom is 0.267 e. The molecule has 0 bridgehead atoms. The van der Waals surface area contributed by atoms with Crippen LogP contribution in [-0.4, -0.2) is 53.1 Å². The van der Waals surface area contributed by atoms with Gasteiger partial charge >= 0.3 is 0 Å². The molecule has 2 amide bonds. The molecule has 1 aliphatic rings. The van der Waals surface area contributed by atoms with Crippen LogP contribution >= 0.6 is 11.6 Å². The number of benzene rings is 1. The van der Waals surface area contributed by atoms with Gasteiger partial charge in [-0.15, -0.1) is 0 Å². The fourth-order valence-electron chi connectivity index (χ4n) is 3.33. The first kappa shape index (κ1) is 20.8. The third-order valence-electron chi connectivity index (χ3n) is 5.06. The van der Waals surface area contributed by atoms with Gasteiger partial charge in [-0.3, -0.25) is 14.8 Å². The average Bonchev–Trinajstić information content (AvgIpc) is 2.77. The average molecular weight is 415 g/mol. The van der Waals surface area contributed by atoms with Gasteiger partial charge in [0.05, 0.1) is 0 Å². The molecule has 29 heavy (non-hydrogen) atoms. The molecule has 0 spiro atoms. The van der Waals surface area contributed by atoms with Gasteiger partial charge in [0.1, 0.15) is 5.82 Å². The van der Waals surface area contributed by atoms with Crippen LogP contribution in [0.4, 0.5) is 5.82 Å². The van der Waals surface area contributed by atoms with Crippen molar-refractivity contribution < 1.29 is 14.8 Å². The molecule has 1 saturated heterocycles. The topological polar surface area (TPSA) is 85.8 Å². The Morgan fingerprint density at radius 2 is 1.90 bits per heavy atom. The van der Waals surface area contributed by atoms with Gasteiger partial charge in [-0.25, -0.2) is 10.5 Å². The number of carbonyl (C=O) groups is 2. The number of nitrogens with one attached hydrogen (secondary N) is 1. The van der Waals surface area contributed by atoms with Crippen LogP contribution in [0.2, 0.25) is 5.02 Å². The number of aromatic nitrogens is 1. The van der Waals surface area contributed by atoms with E-state index in [9.17, 15) is 9.59 Å². The van der Waals surface area contributed by atoms with Crippen molar-refractivity contribution in [1.29, 1.82) is 0 Å². The molecular formula is C21H23ClN4O3. The van der Waals surface area contributed by atoms with Gasteiger partial charge in [-0.05, 0) is 60.9 Å². The molecule has 1 aromatic carbocycles. The summed E-state index contributed by atoms with van der Waals surface area (Å²) in [7, 11) is 2.00. The lowest BCUT2D eigenvalue weighted by Gasteiger charge is -2.37. The SMILES string of the molecule is CN(c1ccc(/C=C/C(=O)NO)cn1)C1CCN(C(=O)c2ccc(Cl)cc2)CC1. The minimum absolute atomic E-state index is 0.0314. The van der Waals surface area contributed by atoms with Crippen molar-refractivity contribution in [3.63, 3.8) is 0 Å².